The van der Waals surface area contributed by atoms with Crippen molar-refractivity contribution in [3.63, 3.8) is 0 Å². The van der Waals surface area contributed by atoms with Gasteiger partial charge in [0.2, 0.25) is 0 Å². The summed E-state index contributed by atoms with van der Waals surface area (Å²) < 4.78 is 1.95. The van der Waals surface area contributed by atoms with Crippen molar-refractivity contribution in [1.29, 1.82) is 10.5 Å². The van der Waals surface area contributed by atoms with Gasteiger partial charge in [0.1, 0.15) is 10.5 Å². The van der Waals surface area contributed by atoms with E-state index in [0.29, 0.717) is 30.4 Å². The fourth-order valence-electron chi connectivity index (χ4n) is 3.41. The maximum Gasteiger partial charge on any atom is 0.274 e. The van der Waals surface area contributed by atoms with Gasteiger partial charge in [0.25, 0.3) is 5.56 Å². The van der Waals surface area contributed by atoms with E-state index in [-0.39, 0.29) is 17.0 Å². The Labute approximate surface area is 185 Å². The van der Waals surface area contributed by atoms with Gasteiger partial charge in [0.05, 0.1) is 33.7 Å². The normalized spacial score (nSPS) is 16.2. The van der Waals surface area contributed by atoms with Gasteiger partial charge < -0.3 is 5.73 Å². The fraction of sp³-hybridized carbons (Fsp3) is 0.0455. The monoisotopic (exact) mass is 450 g/mol. The number of nitrogens with zero attached hydrogens (tertiary/aromatic N) is 3. The molecule has 146 valence electrons. The molecule has 0 fully saturated rings. The summed E-state index contributed by atoms with van der Waals surface area (Å²) in [5.41, 5.74) is 7.44. The summed E-state index contributed by atoms with van der Waals surface area (Å²) in [6, 6.07) is 18.3. The lowest BCUT2D eigenvalue weighted by atomic mass is 9.84. The minimum Gasteiger partial charge on any atom is -0.384 e. The molecule has 30 heavy (non-hydrogen) atoms. The zero-order valence-corrected chi connectivity index (χ0v) is 17.6. The number of rotatable bonds is 2. The van der Waals surface area contributed by atoms with Crippen LogP contribution in [0.2, 0.25) is 10.0 Å². The van der Waals surface area contributed by atoms with E-state index < -0.39 is 11.5 Å². The molecule has 5 nitrogen and oxygen atoms in total. The minimum atomic E-state index is -0.750. The lowest BCUT2D eigenvalue weighted by Crippen LogP contribution is -2.38. The number of allylic oxidation sites excluding steroid dienone is 1. The van der Waals surface area contributed by atoms with Gasteiger partial charge >= 0.3 is 0 Å². The summed E-state index contributed by atoms with van der Waals surface area (Å²) in [5.74, 6) is -0.753. The molecule has 1 aliphatic heterocycles. The van der Waals surface area contributed by atoms with Gasteiger partial charge in [-0.3, -0.25) is 9.36 Å². The van der Waals surface area contributed by atoms with Crippen LogP contribution in [0, 0.1) is 22.7 Å². The summed E-state index contributed by atoms with van der Waals surface area (Å²) in [4.78, 5) is 13.1. The average Bonchev–Trinajstić information content (AvgIpc) is 3.06. The number of aromatic nitrogens is 1. The van der Waals surface area contributed by atoms with Gasteiger partial charge in [-0.1, -0.05) is 59.6 Å². The zero-order chi connectivity index (χ0) is 21.4. The van der Waals surface area contributed by atoms with Crippen molar-refractivity contribution >= 4 is 52.0 Å². The van der Waals surface area contributed by atoms with Crippen molar-refractivity contribution in [2.75, 3.05) is 0 Å². The second-order valence-corrected chi connectivity index (χ2v) is 8.31. The number of nitriles is 2. The molecule has 8 heteroatoms. The van der Waals surface area contributed by atoms with Crippen LogP contribution < -0.4 is 20.5 Å². The summed E-state index contributed by atoms with van der Waals surface area (Å²) in [5, 5.41) is 20.7. The molecule has 0 amide bonds. The largest absolute Gasteiger partial charge is 0.384 e. The molecule has 1 aliphatic rings. The summed E-state index contributed by atoms with van der Waals surface area (Å²) in [7, 11) is 0. The molecule has 0 saturated heterocycles. The van der Waals surface area contributed by atoms with E-state index in [4.69, 9.17) is 28.9 Å². The maximum absolute atomic E-state index is 13.1. The van der Waals surface area contributed by atoms with Crippen LogP contribution in [0.3, 0.4) is 0 Å². The summed E-state index contributed by atoms with van der Waals surface area (Å²) in [6.07, 6.45) is 1.65. The number of benzene rings is 2. The Morgan fingerprint density at radius 3 is 2.27 bits per heavy atom. The van der Waals surface area contributed by atoms with Gasteiger partial charge in [-0.15, -0.1) is 11.3 Å². The Morgan fingerprint density at radius 1 is 1.00 bits per heavy atom. The van der Waals surface area contributed by atoms with Crippen LogP contribution in [0.1, 0.15) is 17.0 Å². The fourth-order valence-corrected chi connectivity index (χ4v) is 4.96. The standard InChI is InChI=1S/C22H12Cl2N4OS/c23-16-7-3-1-5-12(16)9-18-21(29)28-20(27)14(10-25)19(15(11-26)22(28)30-18)13-6-2-4-8-17(13)24/h1-9,19H,27H2/b18-9+/t19-/m0/s1. The van der Waals surface area contributed by atoms with Crippen LogP contribution >= 0.6 is 34.5 Å². The Bertz CT molecular complexity index is 1480. The first-order chi connectivity index (χ1) is 14.5. The first-order valence-corrected chi connectivity index (χ1v) is 10.3. The maximum atomic E-state index is 13.1. The molecular weight excluding hydrogens is 439 g/mol. The van der Waals surface area contributed by atoms with Gasteiger partial charge in [0.15, 0.2) is 0 Å². The molecule has 0 bridgehead atoms. The average molecular weight is 451 g/mol. The van der Waals surface area contributed by atoms with Crippen LogP contribution in [0.15, 0.2) is 58.9 Å². The smallest absolute Gasteiger partial charge is 0.274 e. The number of halogens is 2. The van der Waals surface area contributed by atoms with Gasteiger partial charge in [-0.2, -0.15) is 10.5 Å². The second-order valence-electron chi connectivity index (χ2n) is 6.47. The third-order valence-electron chi connectivity index (χ3n) is 4.80. The molecule has 1 aromatic heterocycles. The number of fused-ring (bicyclic) bond motifs is 1. The molecule has 0 unspecified atom stereocenters. The minimum absolute atomic E-state index is 0.00326. The summed E-state index contributed by atoms with van der Waals surface area (Å²) in [6.45, 7) is 0. The first-order valence-electron chi connectivity index (χ1n) is 8.75. The molecule has 3 aromatic rings. The lowest BCUT2D eigenvalue weighted by Gasteiger charge is -2.22. The lowest BCUT2D eigenvalue weighted by molar-refractivity contribution is 0.906. The quantitative estimate of drug-likeness (QED) is 0.648. The number of hydrogen-bond donors (Lipinski definition) is 1. The van der Waals surface area contributed by atoms with Gasteiger partial charge in [0, 0.05) is 10.0 Å². The van der Waals surface area contributed by atoms with Crippen LogP contribution in [0.5, 0.6) is 0 Å². The molecule has 0 radical (unpaired) electrons. The highest BCUT2D eigenvalue weighted by molar-refractivity contribution is 7.07. The molecule has 1 atom stereocenters. The molecule has 0 saturated carbocycles. The predicted molar refractivity (Wildman–Crippen MR) is 119 cm³/mol. The van der Waals surface area contributed by atoms with E-state index in [9.17, 15) is 15.3 Å². The van der Waals surface area contributed by atoms with Crippen LogP contribution in [-0.2, 0) is 0 Å². The molecule has 0 spiro atoms. The highest BCUT2D eigenvalue weighted by Gasteiger charge is 2.33. The third kappa shape index (κ3) is 3.12. The van der Waals surface area contributed by atoms with Crippen molar-refractivity contribution in [2.24, 2.45) is 5.73 Å². The summed E-state index contributed by atoms with van der Waals surface area (Å²) >= 11 is 13.7. The van der Waals surface area contributed by atoms with Crippen LogP contribution in [0.25, 0.3) is 17.5 Å². The van der Waals surface area contributed by atoms with Crippen molar-refractivity contribution < 1.29 is 0 Å². The number of nitrogens with two attached hydrogens (primary N) is 1. The highest BCUT2D eigenvalue weighted by atomic mass is 35.5. The Kier molecular flexibility index (Phi) is 5.24. The zero-order valence-electron chi connectivity index (χ0n) is 15.3. The van der Waals surface area contributed by atoms with E-state index in [1.807, 2.05) is 6.07 Å². The SMILES string of the molecule is N#CC1=C(N)n2c(s/c(=C/c3ccccc3Cl)c2=O)=C(C#N)[C@H]1c1ccccc1Cl. The second kappa shape index (κ2) is 7.85. The molecular formula is C22H12Cl2N4OS. The van der Waals surface area contributed by atoms with Crippen LogP contribution in [0.4, 0.5) is 0 Å². The van der Waals surface area contributed by atoms with E-state index in [2.05, 4.69) is 12.1 Å². The van der Waals surface area contributed by atoms with E-state index in [1.54, 1.807) is 48.5 Å². The van der Waals surface area contributed by atoms with E-state index in [0.717, 1.165) is 11.3 Å². The van der Waals surface area contributed by atoms with Gasteiger partial charge in [-0.25, -0.2) is 0 Å². The van der Waals surface area contributed by atoms with Crippen molar-refractivity contribution in [3.8, 4) is 12.1 Å². The van der Waals surface area contributed by atoms with Crippen molar-refractivity contribution in [3.05, 3.63) is 94.8 Å². The first kappa shape index (κ1) is 20.0. The Balaban J connectivity index is 2.10. The molecule has 2 N–H and O–H groups in total. The molecule has 2 heterocycles. The number of hydrogen-bond acceptors (Lipinski definition) is 5. The predicted octanol–water partition coefficient (Wildman–Crippen LogP) is 3.17. The van der Waals surface area contributed by atoms with Crippen molar-refractivity contribution in [1.82, 2.24) is 4.57 Å². The van der Waals surface area contributed by atoms with E-state index >= 15 is 0 Å². The Hall–Kier alpha value is -3.29. The molecule has 0 aliphatic carbocycles. The third-order valence-corrected chi connectivity index (χ3v) is 6.59. The van der Waals surface area contributed by atoms with E-state index in [1.165, 1.54) is 4.57 Å². The van der Waals surface area contributed by atoms with Crippen LogP contribution in [-0.4, -0.2) is 4.57 Å². The van der Waals surface area contributed by atoms with Crippen molar-refractivity contribution in [2.45, 2.75) is 5.92 Å². The highest BCUT2D eigenvalue weighted by Crippen LogP contribution is 2.38. The molecule has 2 aromatic carbocycles. The molecule has 4 rings (SSSR count). The van der Waals surface area contributed by atoms with Gasteiger partial charge in [-0.05, 0) is 29.3 Å². The number of thiazole rings is 1. The Morgan fingerprint density at radius 2 is 1.63 bits per heavy atom. The topological polar surface area (TPSA) is 95.6 Å².